The summed E-state index contributed by atoms with van der Waals surface area (Å²) in [5.74, 6) is 0.556. The zero-order valence-corrected chi connectivity index (χ0v) is 10.9. The molecule has 0 aromatic carbocycles. The fraction of sp³-hybridized carbons (Fsp3) is 0.667. The highest BCUT2D eigenvalue weighted by molar-refractivity contribution is 5.59. The molecule has 0 unspecified atom stereocenters. The van der Waals surface area contributed by atoms with E-state index in [0.717, 1.165) is 12.8 Å². The summed E-state index contributed by atoms with van der Waals surface area (Å²) in [5, 5.41) is 0. The van der Waals surface area contributed by atoms with Crippen molar-refractivity contribution >= 4 is 11.6 Å². The highest BCUT2D eigenvalue weighted by Crippen LogP contribution is 2.38. The van der Waals surface area contributed by atoms with Crippen LogP contribution in [0.3, 0.4) is 0 Å². The van der Waals surface area contributed by atoms with Crippen LogP contribution in [0.25, 0.3) is 0 Å². The van der Waals surface area contributed by atoms with Crippen LogP contribution in [-0.2, 0) is 0 Å². The lowest BCUT2D eigenvalue weighted by Crippen LogP contribution is -2.37. The van der Waals surface area contributed by atoms with E-state index in [9.17, 15) is 13.2 Å². The number of hydrogen-bond acceptors (Lipinski definition) is 4. The number of rotatable bonds is 4. The minimum atomic E-state index is -4.25. The van der Waals surface area contributed by atoms with Crippen molar-refractivity contribution in [1.29, 1.82) is 0 Å². The molecule has 1 aromatic heterocycles. The van der Waals surface area contributed by atoms with Gasteiger partial charge >= 0.3 is 6.18 Å². The van der Waals surface area contributed by atoms with Crippen molar-refractivity contribution in [3.8, 4) is 0 Å². The highest BCUT2D eigenvalue weighted by Gasteiger charge is 2.40. The van der Waals surface area contributed by atoms with E-state index in [0.29, 0.717) is 11.4 Å². The van der Waals surface area contributed by atoms with Crippen molar-refractivity contribution in [3.05, 3.63) is 11.9 Å². The van der Waals surface area contributed by atoms with Gasteiger partial charge in [-0.05, 0) is 18.8 Å². The Balaban J connectivity index is 2.39. The fourth-order valence-corrected chi connectivity index (χ4v) is 2.14. The van der Waals surface area contributed by atoms with E-state index in [-0.39, 0.29) is 17.8 Å². The molecule has 0 saturated heterocycles. The van der Waals surface area contributed by atoms with Crippen LogP contribution in [-0.4, -0.2) is 28.7 Å². The van der Waals surface area contributed by atoms with Gasteiger partial charge in [0.25, 0.3) is 0 Å². The maximum Gasteiger partial charge on any atom is 0.405 e. The third kappa shape index (κ3) is 3.27. The number of halogens is 3. The van der Waals surface area contributed by atoms with Crippen LogP contribution in [0, 0.1) is 0 Å². The van der Waals surface area contributed by atoms with E-state index in [1.54, 1.807) is 0 Å². The molecule has 2 rings (SSSR count). The lowest BCUT2D eigenvalue weighted by molar-refractivity contribution is -0.120. The second-order valence-electron chi connectivity index (χ2n) is 5.13. The van der Waals surface area contributed by atoms with Gasteiger partial charge in [0.1, 0.15) is 24.5 Å². The number of aromatic nitrogens is 2. The van der Waals surface area contributed by atoms with Crippen LogP contribution in [0.5, 0.6) is 0 Å². The van der Waals surface area contributed by atoms with Crippen molar-refractivity contribution in [2.45, 2.75) is 44.8 Å². The van der Waals surface area contributed by atoms with Crippen molar-refractivity contribution < 1.29 is 13.2 Å². The number of nitrogen functional groups attached to an aromatic ring is 1. The lowest BCUT2D eigenvalue weighted by Gasteiger charge is -2.28. The summed E-state index contributed by atoms with van der Waals surface area (Å²) in [7, 11) is 0. The number of nitrogens with two attached hydrogens (primary N) is 1. The van der Waals surface area contributed by atoms with Crippen molar-refractivity contribution in [2.75, 3.05) is 17.2 Å². The number of hydrogen-bond donors (Lipinski definition) is 1. The molecule has 106 valence electrons. The Kier molecular flexibility index (Phi) is 3.56. The molecule has 0 atom stereocenters. The summed E-state index contributed by atoms with van der Waals surface area (Å²) in [6.07, 6.45) is -1.51. The molecule has 4 nitrogen and oxygen atoms in total. The molecule has 1 fully saturated rings. The molecule has 1 aliphatic rings. The summed E-state index contributed by atoms with van der Waals surface area (Å²) < 4.78 is 38.1. The van der Waals surface area contributed by atoms with Gasteiger partial charge in [0.05, 0.1) is 0 Å². The first kappa shape index (κ1) is 13.9. The summed E-state index contributed by atoms with van der Waals surface area (Å²) >= 11 is 0. The first-order chi connectivity index (χ1) is 8.79. The lowest BCUT2D eigenvalue weighted by atomic mass is 10.0. The summed E-state index contributed by atoms with van der Waals surface area (Å²) in [4.78, 5) is 9.23. The third-order valence-electron chi connectivity index (χ3n) is 3.08. The summed E-state index contributed by atoms with van der Waals surface area (Å²) in [6, 6.07) is -0.0894. The van der Waals surface area contributed by atoms with Gasteiger partial charge in [-0.3, -0.25) is 0 Å². The molecule has 19 heavy (non-hydrogen) atoms. The summed E-state index contributed by atoms with van der Waals surface area (Å²) in [5.41, 5.74) is 6.38. The molecule has 1 aliphatic carbocycles. The molecule has 0 spiro atoms. The quantitative estimate of drug-likeness (QED) is 0.917. The number of anilines is 2. The van der Waals surface area contributed by atoms with Gasteiger partial charge < -0.3 is 10.6 Å². The van der Waals surface area contributed by atoms with Crippen LogP contribution in [0.15, 0.2) is 6.33 Å². The molecule has 1 aromatic rings. The van der Waals surface area contributed by atoms with Crippen LogP contribution < -0.4 is 10.6 Å². The van der Waals surface area contributed by atoms with E-state index in [1.165, 1.54) is 11.2 Å². The van der Waals surface area contributed by atoms with Crippen LogP contribution in [0.1, 0.15) is 38.2 Å². The van der Waals surface area contributed by atoms with Crippen LogP contribution in [0.4, 0.5) is 24.8 Å². The predicted octanol–water partition coefficient (Wildman–Crippen LogP) is 2.71. The smallest absolute Gasteiger partial charge is 0.383 e. The Morgan fingerprint density at radius 2 is 2.00 bits per heavy atom. The largest absolute Gasteiger partial charge is 0.405 e. The van der Waals surface area contributed by atoms with Gasteiger partial charge in [-0.25, -0.2) is 9.97 Å². The molecular weight excluding hydrogens is 257 g/mol. The minimum Gasteiger partial charge on any atom is -0.383 e. The Hall–Kier alpha value is -1.53. The molecule has 7 heteroatoms. The van der Waals surface area contributed by atoms with E-state index < -0.39 is 12.7 Å². The zero-order valence-electron chi connectivity index (χ0n) is 10.9. The monoisotopic (exact) mass is 274 g/mol. The average Bonchev–Trinajstić information content (AvgIpc) is 3.07. The number of nitrogens with zero attached hydrogens (tertiary/aromatic N) is 3. The van der Waals surface area contributed by atoms with Crippen LogP contribution >= 0.6 is 0 Å². The van der Waals surface area contributed by atoms with E-state index in [4.69, 9.17) is 5.73 Å². The minimum absolute atomic E-state index is 0.0225. The van der Waals surface area contributed by atoms with Gasteiger partial charge in [-0.15, -0.1) is 0 Å². The Labute approximate surface area is 109 Å². The second-order valence-corrected chi connectivity index (χ2v) is 5.13. The Bertz CT molecular complexity index is 455. The maximum absolute atomic E-state index is 12.7. The van der Waals surface area contributed by atoms with E-state index in [2.05, 4.69) is 9.97 Å². The van der Waals surface area contributed by atoms with Gasteiger partial charge in [0.15, 0.2) is 0 Å². The average molecular weight is 274 g/mol. The second kappa shape index (κ2) is 4.86. The van der Waals surface area contributed by atoms with E-state index in [1.807, 2.05) is 13.8 Å². The maximum atomic E-state index is 12.7. The van der Waals surface area contributed by atoms with Crippen molar-refractivity contribution in [2.24, 2.45) is 0 Å². The standard InChI is InChI=1S/C12H17F3N4/c1-7(2)9-10(16)17-6-18-11(9)19(8-3-4-8)5-12(13,14)15/h6-8H,3-5H2,1-2H3,(H2,16,17,18). The van der Waals surface area contributed by atoms with E-state index >= 15 is 0 Å². The highest BCUT2D eigenvalue weighted by atomic mass is 19.4. The molecule has 1 heterocycles. The molecule has 0 radical (unpaired) electrons. The van der Waals surface area contributed by atoms with Gasteiger partial charge in [0.2, 0.25) is 0 Å². The molecule has 0 aliphatic heterocycles. The molecule has 1 saturated carbocycles. The molecule has 0 amide bonds. The SMILES string of the molecule is CC(C)c1c(N)ncnc1N(CC(F)(F)F)C1CC1. The number of alkyl halides is 3. The molecule has 0 bridgehead atoms. The Morgan fingerprint density at radius 1 is 1.37 bits per heavy atom. The first-order valence-electron chi connectivity index (χ1n) is 6.23. The third-order valence-corrected chi connectivity index (χ3v) is 3.08. The topological polar surface area (TPSA) is 55.0 Å². The van der Waals surface area contributed by atoms with Crippen molar-refractivity contribution in [1.82, 2.24) is 9.97 Å². The van der Waals surface area contributed by atoms with Crippen molar-refractivity contribution in [3.63, 3.8) is 0 Å². The summed E-state index contributed by atoms with van der Waals surface area (Å²) in [6.45, 7) is 2.75. The normalized spacial score (nSPS) is 15.9. The van der Waals surface area contributed by atoms with Crippen LogP contribution in [0.2, 0.25) is 0 Å². The molecular formula is C12H17F3N4. The zero-order chi connectivity index (χ0) is 14.2. The van der Waals surface area contributed by atoms with Gasteiger partial charge in [-0.2, -0.15) is 13.2 Å². The molecule has 2 N–H and O–H groups in total. The van der Waals surface area contributed by atoms with Gasteiger partial charge in [0, 0.05) is 11.6 Å². The Morgan fingerprint density at radius 3 is 2.47 bits per heavy atom. The predicted molar refractivity (Wildman–Crippen MR) is 67.0 cm³/mol. The fourth-order valence-electron chi connectivity index (χ4n) is 2.14. The van der Waals surface area contributed by atoms with Gasteiger partial charge in [-0.1, -0.05) is 13.8 Å². The first-order valence-corrected chi connectivity index (χ1v) is 6.23.